The van der Waals surface area contributed by atoms with Gasteiger partial charge >= 0.3 is 0 Å². The zero-order chi connectivity index (χ0) is 24.0. The molecule has 0 aliphatic carbocycles. The molecule has 3 aromatic heterocycles. The number of hydrogen-bond acceptors (Lipinski definition) is 9. The number of rotatable bonds is 5. The molecule has 1 unspecified atom stereocenters. The Labute approximate surface area is 208 Å². The van der Waals surface area contributed by atoms with E-state index >= 15 is 0 Å². The standard InChI is InChI=1S/C24H28N6O3S2/c1-35(31,32)16-5-8-29(9-6-16)21(17-3-2-4-20-19(17)15-25-28-20)22-26-23(30-10-12-33-13-11-30)18-7-14-34-24(18)27-22/h2-4,7,14-16,21H,5-6,8-13H2,1H3,(H,25,28). The molecule has 184 valence electrons. The van der Waals surface area contributed by atoms with Crippen LogP contribution in [0.3, 0.4) is 0 Å². The van der Waals surface area contributed by atoms with Crippen LogP contribution < -0.4 is 4.90 Å². The maximum absolute atomic E-state index is 12.2. The van der Waals surface area contributed by atoms with Crippen LogP contribution in [0.2, 0.25) is 0 Å². The van der Waals surface area contributed by atoms with Gasteiger partial charge in [0.25, 0.3) is 0 Å². The monoisotopic (exact) mass is 512 g/mol. The Kier molecular flexibility index (Phi) is 5.95. The van der Waals surface area contributed by atoms with Crippen LogP contribution in [0.25, 0.3) is 21.1 Å². The van der Waals surface area contributed by atoms with Crippen LogP contribution >= 0.6 is 11.3 Å². The van der Waals surface area contributed by atoms with Gasteiger partial charge in [0.2, 0.25) is 0 Å². The number of hydrogen-bond donors (Lipinski definition) is 1. The number of nitrogens with one attached hydrogen (secondary N) is 1. The second-order valence-corrected chi connectivity index (χ2v) is 12.5. The molecule has 5 heterocycles. The summed E-state index contributed by atoms with van der Waals surface area (Å²) in [5, 5.41) is 11.2. The predicted octanol–water partition coefficient (Wildman–Crippen LogP) is 3.00. The molecule has 1 atom stereocenters. The Morgan fingerprint density at radius 2 is 1.89 bits per heavy atom. The molecule has 0 saturated carbocycles. The molecular weight excluding hydrogens is 484 g/mol. The number of anilines is 1. The second kappa shape index (κ2) is 9.12. The minimum Gasteiger partial charge on any atom is -0.378 e. The normalized spacial score (nSPS) is 19.5. The molecule has 6 rings (SSSR count). The van der Waals surface area contributed by atoms with Crippen molar-refractivity contribution in [2.45, 2.75) is 24.1 Å². The van der Waals surface area contributed by atoms with Crippen LogP contribution in [-0.2, 0) is 14.6 Å². The highest BCUT2D eigenvalue weighted by molar-refractivity contribution is 7.91. The fraction of sp³-hybridized carbons (Fsp3) is 0.458. The molecule has 0 spiro atoms. The van der Waals surface area contributed by atoms with Gasteiger partial charge in [-0.2, -0.15) is 5.10 Å². The number of fused-ring (bicyclic) bond motifs is 2. The Morgan fingerprint density at radius 3 is 2.66 bits per heavy atom. The number of piperidine rings is 1. The Bertz CT molecular complexity index is 1450. The summed E-state index contributed by atoms with van der Waals surface area (Å²) in [7, 11) is -3.06. The number of H-pyrrole nitrogens is 1. The van der Waals surface area contributed by atoms with Gasteiger partial charge in [-0.25, -0.2) is 18.4 Å². The van der Waals surface area contributed by atoms with Gasteiger partial charge in [-0.05, 0) is 35.9 Å². The minimum absolute atomic E-state index is 0.205. The number of sulfone groups is 1. The van der Waals surface area contributed by atoms with E-state index in [1.165, 1.54) is 6.26 Å². The van der Waals surface area contributed by atoms with Gasteiger partial charge < -0.3 is 9.64 Å². The van der Waals surface area contributed by atoms with Crippen LogP contribution in [0.4, 0.5) is 5.82 Å². The predicted molar refractivity (Wildman–Crippen MR) is 138 cm³/mol. The smallest absolute Gasteiger partial charge is 0.154 e. The van der Waals surface area contributed by atoms with E-state index in [1.807, 2.05) is 18.3 Å². The lowest BCUT2D eigenvalue weighted by Crippen LogP contribution is -2.42. The number of benzene rings is 1. The molecule has 35 heavy (non-hydrogen) atoms. The first-order valence-electron chi connectivity index (χ1n) is 11.9. The summed E-state index contributed by atoms with van der Waals surface area (Å²) in [6, 6.07) is 8.04. The van der Waals surface area contributed by atoms with E-state index in [-0.39, 0.29) is 11.3 Å². The van der Waals surface area contributed by atoms with Crippen molar-refractivity contribution in [1.82, 2.24) is 25.1 Å². The van der Waals surface area contributed by atoms with Crippen molar-refractivity contribution in [3.8, 4) is 0 Å². The molecule has 0 radical (unpaired) electrons. The molecule has 1 aromatic carbocycles. The van der Waals surface area contributed by atoms with Gasteiger partial charge in [0.05, 0.1) is 41.6 Å². The van der Waals surface area contributed by atoms with Crippen LogP contribution in [0.5, 0.6) is 0 Å². The highest BCUT2D eigenvalue weighted by atomic mass is 32.2. The number of thiophene rings is 1. The Balaban J connectivity index is 1.47. The van der Waals surface area contributed by atoms with E-state index in [0.29, 0.717) is 39.1 Å². The largest absolute Gasteiger partial charge is 0.378 e. The summed E-state index contributed by atoms with van der Waals surface area (Å²) in [6.07, 6.45) is 4.41. The summed E-state index contributed by atoms with van der Waals surface area (Å²) in [6.45, 7) is 4.28. The lowest BCUT2D eigenvalue weighted by Gasteiger charge is -2.37. The van der Waals surface area contributed by atoms with Gasteiger partial charge in [0.15, 0.2) is 5.82 Å². The average molecular weight is 513 g/mol. The van der Waals surface area contributed by atoms with Crippen molar-refractivity contribution < 1.29 is 13.2 Å². The van der Waals surface area contributed by atoms with Crippen molar-refractivity contribution in [1.29, 1.82) is 0 Å². The van der Waals surface area contributed by atoms with Crippen molar-refractivity contribution >= 4 is 48.1 Å². The summed E-state index contributed by atoms with van der Waals surface area (Å²) < 4.78 is 30.0. The molecule has 9 nitrogen and oxygen atoms in total. The third-order valence-electron chi connectivity index (χ3n) is 7.14. The molecule has 4 aromatic rings. The highest BCUT2D eigenvalue weighted by Crippen LogP contribution is 2.37. The molecule has 2 fully saturated rings. The molecule has 0 bridgehead atoms. The number of aromatic amines is 1. The van der Waals surface area contributed by atoms with Gasteiger partial charge in [-0.3, -0.25) is 10.00 Å². The Morgan fingerprint density at radius 1 is 1.09 bits per heavy atom. The molecule has 1 N–H and O–H groups in total. The molecule has 2 saturated heterocycles. The first kappa shape index (κ1) is 22.8. The quantitative estimate of drug-likeness (QED) is 0.435. The fourth-order valence-electron chi connectivity index (χ4n) is 5.28. The van der Waals surface area contributed by atoms with Crippen LogP contribution in [0.15, 0.2) is 35.8 Å². The average Bonchev–Trinajstić information content (AvgIpc) is 3.54. The van der Waals surface area contributed by atoms with Crippen LogP contribution in [-0.4, -0.2) is 84.4 Å². The molecule has 2 aliphatic rings. The third-order valence-corrected chi connectivity index (χ3v) is 9.63. The van der Waals surface area contributed by atoms with E-state index in [9.17, 15) is 8.42 Å². The molecular formula is C24H28N6O3S2. The fourth-order valence-corrected chi connectivity index (χ4v) is 7.12. The summed E-state index contributed by atoms with van der Waals surface area (Å²) >= 11 is 1.62. The topological polar surface area (TPSA) is 104 Å². The van der Waals surface area contributed by atoms with E-state index in [4.69, 9.17) is 14.7 Å². The minimum atomic E-state index is -3.06. The van der Waals surface area contributed by atoms with E-state index < -0.39 is 9.84 Å². The maximum Gasteiger partial charge on any atom is 0.154 e. The van der Waals surface area contributed by atoms with Crippen molar-refractivity contribution in [2.75, 3.05) is 50.5 Å². The summed E-state index contributed by atoms with van der Waals surface area (Å²) in [5.41, 5.74) is 2.04. The van der Waals surface area contributed by atoms with Crippen LogP contribution in [0, 0.1) is 0 Å². The maximum atomic E-state index is 12.2. The summed E-state index contributed by atoms with van der Waals surface area (Å²) in [5.74, 6) is 1.69. The van der Waals surface area contributed by atoms with Crippen molar-refractivity contribution in [3.05, 3.63) is 47.2 Å². The van der Waals surface area contributed by atoms with Crippen LogP contribution in [0.1, 0.15) is 30.3 Å². The SMILES string of the molecule is CS(=O)(=O)C1CCN(C(c2nc(N3CCOCC3)c3ccsc3n2)c2cccc3[nH]ncc23)CC1. The highest BCUT2D eigenvalue weighted by Gasteiger charge is 2.34. The number of nitrogens with zero attached hydrogens (tertiary/aromatic N) is 5. The second-order valence-electron chi connectivity index (χ2n) is 9.29. The van der Waals surface area contributed by atoms with Gasteiger partial charge in [-0.15, -0.1) is 11.3 Å². The zero-order valence-corrected chi connectivity index (χ0v) is 21.2. The molecule has 0 amide bonds. The van der Waals surface area contributed by atoms with E-state index in [1.54, 1.807) is 11.3 Å². The van der Waals surface area contributed by atoms with E-state index in [0.717, 1.165) is 51.4 Å². The first-order valence-corrected chi connectivity index (χ1v) is 14.8. The number of ether oxygens (including phenoxy) is 1. The van der Waals surface area contributed by atoms with Gasteiger partial charge in [0.1, 0.15) is 20.5 Å². The number of likely N-dealkylation sites (tertiary alicyclic amines) is 1. The molecule has 2 aliphatic heterocycles. The lowest BCUT2D eigenvalue weighted by molar-refractivity contribution is 0.122. The Hall–Kier alpha value is -2.60. The van der Waals surface area contributed by atoms with Gasteiger partial charge in [0, 0.05) is 37.8 Å². The first-order chi connectivity index (χ1) is 17.0. The third kappa shape index (κ3) is 4.31. The zero-order valence-electron chi connectivity index (χ0n) is 19.6. The number of aromatic nitrogens is 4. The lowest BCUT2D eigenvalue weighted by atomic mass is 9.97. The number of morpholine rings is 1. The van der Waals surface area contributed by atoms with Crippen molar-refractivity contribution in [2.24, 2.45) is 0 Å². The van der Waals surface area contributed by atoms with Crippen molar-refractivity contribution in [3.63, 3.8) is 0 Å². The summed E-state index contributed by atoms with van der Waals surface area (Å²) in [4.78, 5) is 15.8. The molecule has 11 heteroatoms. The van der Waals surface area contributed by atoms with E-state index in [2.05, 4.69) is 37.5 Å². The van der Waals surface area contributed by atoms with Gasteiger partial charge in [-0.1, -0.05) is 12.1 Å².